The fraction of sp³-hybridized carbons (Fsp3) is 0.200. The number of aromatic nitrogens is 1. The number of aryl methyl sites for hydroxylation is 2. The van der Waals surface area contributed by atoms with Gasteiger partial charge in [-0.05, 0) is 42.1 Å². The molecule has 0 atom stereocenters. The van der Waals surface area contributed by atoms with Crippen molar-refractivity contribution in [2.45, 2.75) is 26.5 Å². The summed E-state index contributed by atoms with van der Waals surface area (Å²) in [5.41, 5.74) is 2.09. The van der Waals surface area contributed by atoms with Gasteiger partial charge in [0, 0.05) is 18.1 Å². The van der Waals surface area contributed by atoms with E-state index < -0.39 is 5.97 Å². The van der Waals surface area contributed by atoms with Gasteiger partial charge in [0.1, 0.15) is 12.4 Å². The van der Waals surface area contributed by atoms with Crippen LogP contribution in [0.25, 0.3) is 10.8 Å². The van der Waals surface area contributed by atoms with Gasteiger partial charge in [0.15, 0.2) is 0 Å². The largest absolute Gasteiger partial charge is 0.489 e. The lowest BCUT2D eigenvalue weighted by Gasteiger charge is -2.09. The highest BCUT2D eigenvalue weighted by atomic mass is 16.5. The number of nitrogens with zero attached hydrogens (tertiary/aromatic N) is 1. The minimum atomic E-state index is -0.924. The number of hydrogen-bond acceptors (Lipinski definition) is 3. The van der Waals surface area contributed by atoms with E-state index in [1.165, 1.54) is 10.1 Å². The fourth-order valence-electron chi connectivity index (χ4n) is 2.60. The van der Waals surface area contributed by atoms with E-state index in [1.807, 2.05) is 37.3 Å². The molecule has 0 aliphatic rings. The normalized spacial score (nSPS) is 10.8. The van der Waals surface area contributed by atoms with E-state index in [-0.39, 0.29) is 18.5 Å². The Hall–Kier alpha value is -3.08. The van der Waals surface area contributed by atoms with Crippen LogP contribution >= 0.6 is 0 Å². The fourth-order valence-corrected chi connectivity index (χ4v) is 2.60. The van der Waals surface area contributed by atoms with E-state index in [1.54, 1.807) is 24.4 Å². The number of fused-ring (bicyclic) bond motifs is 1. The number of ether oxygens (including phenoxy) is 1. The minimum Gasteiger partial charge on any atom is -0.489 e. The monoisotopic (exact) mass is 337 g/mol. The Balaban J connectivity index is 1.78. The van der Waals surface area contributed by atoms with Crippen LogP contribution in [-0.4, -0.2) is 15.6 Å². The summed E-state index contributed by atoms with van der Waals surface area (Å²) in [7, 11) is 0. The summed E-state index contributed by atoms with van der Waals surface area (Å²) in [4.78, 5) is 23.1. The Bertz CT molecular complexity index is 958. The number of hydrogen-bond donors (Lipinski definition) is 1. The third kappa shape index (κ3) is 4.07. The molecule has 128 valence electrons. The Morgan fingerprint density at radius 1 is 1.12 bits per heavy atom. The molecule has 3 aromatic rings. The Morgan fingerprint density at radius 2 is 1.88 bits per heavy atom. The van der Waals surface area contributed by atoms with Crippen LogP contribution < -0.4 is 10.3 Å². The van der Waals surface area contributed by atoms with Crippen molar-refractivity contribution in [2.75, 3.05) is 0 Å². The first-order chi connectivity index (χ1) is 12.0. The molecular formula is C20H19NO4. The van der Waals surface area contributed by atoms with Gasteiger partial charge in [0.05, 0.1) is 6.42 Å². The molecule has 0 aliphatic heterocycles. The Labute approximate surface area is 145 Å². The average Bonchev–Trinajstić information content (AvgIpc) is 2.60. The average molecular weight is 337 g/mol. The van der Waals surface area contributed by atoms with Gasteiger partial charge in [-0.1, -0.05) is 29.8 Å². The van der Waals surface area contributed by atoms with Crippen molar-refractivity contribution in [2.24, 2.45) is 0 Å². The van der Waals surface area contributed by atoms with Crippen molar-refractivity contribution >= 4 is 16.7 Å². The molecule has 2 aromatic carbocycles. The molecule has 0 saturated heterocycles. The number of rotatable bonds is 6. The predicted octanol–water partition coefficient (Wildman–Crippen LogP) is 3.36. The maximum absolute atomic E-state index is 12.4. The van der Waals surface area contributed by atoms with E-state index in [4.69, 9.17) is 9.84 Å². The van der Waals surface area contributed by atoms with Gasteiger partial charge in [-0.15, -0.1) is 0 Å². The summed E-state index contributed by atoms with van der Waals surface area (Å²) < 4.78 is 7.22. The molecule has 3 rings (SSSR count). The molecule has 0 amide bonds. The third-order valence-corrected chi connectivity index (χ3v) is 4.04. The van der Waals surface area contributed by atoms with Crippen molar-refractivity contribution in [1.82, 2.24) is 4.57 Å². The molecule has 0 spiro atoms. The summed E-state index contributed by atoms with van der Waals surface area (Å²) in [6.45, 7) is 2.66. The van der Waals surface area contributed by atoms with E-state index >= 15 is 0 Å². The van der Waals surface area contributed by atoms with Crippen LogP contribution in [0.15, 0.2) is 59.5 Å². The van der Waals surface area contributed by atoms with Gasteiger partial charge in [0.2, 0.25) is 0 Å². The van der Waals surface area contributed by atoms with Crippen LogP contribution in [-0.2, 0) is 17.9 Å². The van der Waals surface area contributed by atoms with Gasteiger partial charge in [-0.2, -0.15) is 0 Å². The summed E-state index contributed by atoms with van der Waals surface area (Å²) in [5, 5.41) is 10.1. The number of carboxylic acids is 1. The van der Waals surface area contributed by atoms with Crippen LogP contribution in [0.5, 0.6) is 5.75 Å². The standard InChI is InChI=1S/C20H19NO4/c1-14-2-4-15(5-3-14)13-25-17-6-7-18-16(12-17)8-10-21(20(18)24)11-9-19(22)23/h2-8,10,12H,9,11,13H2,1H3,(H,22,23). The first-order valence-electron chi connectivity index (χ1n) is 8.06. The van der Waals surface area contributed by atoms with Crippen molar-refractivity contribution in [3.05, 3.63) is 76.2 Å². The van der Waals surface area contributed by atoms with E-state index in [0.29, 0.717) is 17.7 Å². The van der Waals surface area contributed by atoms with Crippen LogP contribution in [0.1, 0.15) is 17.5 Å². The minimum absolute atomic E-state index is 0.0802. The number of benzene rings is 2. The van der Waals surface area contributed by atoms with Crippen LogP contribution in [0.3, 0.4) is 0 Å². The summed E-state index contributed by atoms with van der Waals surface area (Å²) in [5.74, 6) is -0.234. The van der Waals surface area contributed by atoms with Crippen LogP contribution in [0.4, 0.5) is 0 Å². The number of carbonyl (C=O) groups is 1. The second-order valence-electron chi connectivity index (χ2n) is 5.98. The first-order valence-corrected chi connectivity index (χ1v) is 8.06. The summed E-state index contributed by atoms with van der Waals surface area (Å²) in [6, 6.07) is 15.2. The molecular weight excluding hydrogens is 318 g/mol. The maximum Gasteiger partial charge on any atom is 0.305 e. The van der Waals surface area contributed by atoms with Gasteiger partial charge < -0.3 is 14.4 Å². The molecule has 1 aromatic heterocycles. The highest BCUT2D eigenvalue weighted by Gasteiger charge is 2.06. The Morgan fingerprint density at radius 3 is 2.60 bits per heavy atom. The second kappa shape index (κ2) is 7.21. The van der Waals surface area contributed by atoms with Crippen LogP contribution in [0.2, 0.25) is 0 Å². The zero-order valence-corrected chi connectivity index (χ0v) is 13.9. The van der Waals surface area contributed by atoms with E-state index in [2.05, 4.69) is 0 Å². The lowest BCUT2D eigenvalue weighted by Crippen LogP contribution is -2.20. The molecule has 5 heteroatoms. The van der Waals surface area contributed by atoms with Crippen molar-refractivity contribution in [3.63, 3.8) is 0 Å². The smallest absolute Gasteiger partial charge is 0.305 e. The van der Waals surface area contributed by atoms with E-state index in [0.717, 1.165) is 10.9 Å². The third-order valence-electron chi connectivity index (χ3n) is 4.04. The van der Waals surface area contributed by atoms with Crippen molar-refractivity contribution in [1.29, 1.82) is 0 Å². The summed E-state index contributed by atoms with van der Waals surface area (Å²) in [6.07, 6.45) is 1.54. The molecule has 1 N–H and O–H groups in total. The maximum atomic E-state index is 12.4. The molecule has 1 heterocycles. The van der Waals surface area contributed by atoms with E-state index in [9.17, 15) is 9.59 Å². The topological polar surface area (TPSA) is 68.5 Å². The molecule has 0 bridgehead atoms. The molecule has 5 nitrogen and oxygen atoms in total. The summed E-state index contributed by atoms with van der Waals surface area (Å²) >= 11 is 0. The molecule has 0 saturated carbocycles. The number of pyridine rings is 1. The van der Waals surface area contributed by atoms with Gasteiger partial charge in [0.25, 0.3) is 5.56 Å². The SMILES string of the molecule is Cc1ccc(COc2ccc3c(=O)n(CCC(=O)O)ccc3c2)cc1. The molecule has 0 aliphatic carbocycles. The highest BCUT2D eigenvalue weighted by molar-refractivity contribution is 5.82. The molecule has 0 unspecified atom stereocenters. The number of carboxylic acid groups (broad SMARTS) is 1. The van der Waals surface area contributed by atoms with Gasteiger partial charge >= 0.3 is 5.97 Å². The number of aliphatic carboxylic acids is 1. The second-order valence-corrected chi connectivity index (χ2v) is 5.98. The zero-order valence-electron chi connectivity index (χ0n) is 13.9. The van der Waals surface area contributed by atoms with Crippen molar-refractivity contribution in [3.8, 4) is 5.75 Å². The van der Waals surface area contributed by atoms with Gasteiger partial charge in [-0.25, -0.2) is 0 Å². The first kappa shape index (κ1) is 16.8. The predicted molar refractivity (Wildman–Crippen MR) is 96.0 cm³/mol. The lowest BCUT2D eigenvalue weighted by atomic mass is 10.1. The Kier molecular flexibility index (Phi) is 4.84. The molecule has 25 heavy (non-hydrogen) atoms. The molecule has 0 fully saturated rings. The quantitative estimate of drug-likeness (QED) is 0.749. The molecule has 0 radical (unpaired) electrons. The zero-order chi connectivity index (χ0) is 17.8. The van der Waals surface area contributed by atoms with Crippen molar-refractivity contribution < 1.29 is 14.6 Å². The lowest BCUT2D eigenvalue weighted by molar-refractivity contribution is -0.137. The highest BCUT2D eigenvalue weighted by Crippen LogP contribution is 2.19. The van der Waals surface area contributed by atoms with Crippen LogP contribution in [0, 0.1) is 6.92 Å². The van der Waals surface area contributed by atoms with Gasteiger partial charge in [-0.3, -0.25) is 9.59 Å².